The predicted molar refractivity (Wildman–Crippen MR) is 167 cm³/mol. The van der Waals surface area contributed by atoms with Gasteiger partial charge in [-0.15, -0.1) is 10.2 Å². The number of hydrogen-bond donors (Lipinski definition) is 2. The van der Waals surface area contributed by atoms with Gasteiger partial charge in [0.1, 0.15) is 5.82 Å². The number of carbonyl (C=O) groups is 1. The number of H-pyrrole nitrogens is 1. The van der Waals surface area contributed by atoms with Crippen LogP contribution in [0.4, 0.5) is 0 Å². The Kier molecular flexibility index (Phi) is 8.75. The fourth-order valence-electron chi connectivity index (χ4n) is 6.28. The van der Waals surface area contributed by atoms with Crippen molar-refractivity contribution >= 4 is 17.3 Å². The molecular formula is C35H40N6O. The van der Waals surface area contributed by atoms with E-state index in [1.165, 1.54) is 27.6 Å². The molecule has 2 aromatic heterocycles. The van der Waals surface area contributed by atoms with Crippen LogP contribution in [-0.2, 0) is 37.0 Å². The molecule has 0 saturated carbocycles. The molecule has 1 saturated heterocycles. The molecule has 1 aliphatic rings. The summed E-state index contributed by atoms with van der Waals surface area (Å²) in [7, 11) is 0. The third-order valence-corrected chi connectivity index (χ3v) is 8.77. The lowest BCUT2D eigenvalue weighted by Crippen LogP contribution is -2.44. The van der Waals surface area contributed by atoms with Crippen LogP contribution in [0.3, 0.4) is 0 Å². The van der Waals surface area contributed by atoms with Crippen LogP contribution in [0.25, 0.3) is 10.9 Å². The molecule has 0 radical (unpaired) electrons. The number of aromatic nitrogens is 4. The van der Waals surface area contributed by atoms with Gasteiger partial charge in [0, 0.05) is 42.7 Å². The Labute approximate surface area is 248 Å². The molecule has 42 heavy (non-hydrogen) atoms. The number of amides is 1. The maximum Gasteiger partial charge on any atom is 0.207 e. The quantitative estimate of drug-likeness (QED) is 0.193. The van der Waals surface area contributed by atoms with Crippen LogP contribution in [0.2, 0.25) is 0 Å². The van der Waals surface area contributed by atoms with E-state index in [0.29, 0.717) is 0 Å². The average molecular weight is 561 g/mol. The summed E-state index contributed by atoms with van der Waals surface area (Å²) in [5.74, 6) is 2.04. The molecule has 0 unspecified atom stereocenters. The smallest absolute Gasteiger partial charge is 0.207 e. The minimum atomic E-state index is 0.0641. The van der Waals surface area contributed by atoms with Gasteiger partial charge < -0.3 is 14.9 Å². The van der Waals surface area contributed by atoms with Crippen LogP contribution in [0.5, 0.6) is 0 Å². The molecule has 1 aliphatic heterocycles. The fraction of sp³-hybridized carbons (Fsp3) is 0.343. The first kappa shape index (κ1) is 27.9. The molecule has 216 valence electrons. The molecule has 3 aromatic carbocycles. The highest BCUT2D eigenvalue weighted by Crippen LogP contribution is 2.31. The summed E-state index contributed by atoms with van der Waals surface area (Å²) in [5.41, 5.74) is 6.35. The van der Waals surface area contributed by atoms with Crippen molar-refractivity contribution < 1.29 is 4.79 Å². The maximum atomic E-state index is 11.1. The van der Waals surface area contributed by atoms with Crippen molar-refractivity contribution in [1.29, 1.82) is 0 Å². The van der Waals surface area contributed by atoms with Gasteiger partial charge in [-0.1, -0.05) is 79.7 Å². The second-order valence-electron chi connectivity index (χ2n) is 11.4. The van der Waals surface area contributed by atoms with Crippen molar-refractivity contribution in [3.63, 3.8) is 0 Å². The third-order valence-electron chi connectivity index (χ3n) is 8.77. The summed E-state index contributed by atoms with van der Waals surface area (Å²) >= 11 is 0. The Hall–Kier alpha value is -4.23. The number of piperidine rings is 1. The lowest BCUT2D eigenvalue weighted by Gasteiger charge is -2.37. The van der Waals surface area contributed by atoms with Crippen LogP contribution in [0.15, 0.2) is 85.1 Å². The highest BCUT2D eigenvalue weighted by Gasteiger charge is 2.31. The van der Waals surface area contributed by atoms with Gasteiger partial charge in [0.15, 0.2) is 5.82 Å². The zero-order chi connectivity index (χ0) is 28.7. The minimum absolute atomic E-state index is 0.0641. The van der Waals surface area contributed by atoms with E-state index in [1.807, 2.05) is 0 Å². The summed E-state index contributed by atoms with van der Waals surface area (Å²) in [4.78, 5) is 17.1. The molecule has 2 N–H and O–H groups in total. The monoisotopic (exact) mass is 560 g/mol. The highest BCUT2D eigenvalue weighted by atomic mass is 16.1. The molecule has 5 aromatic rings. The minimum Gasteiger partial charge on any atom is -0.361 e. The van der Waals surface area contributed by atoms with E-state index in [1.54, 1.807) is 0 Å². The third kappa shape index (κ3) is 6.31. The van der Waals surface area contributed by atoms with E-state index in [4.69, 9.17) is 10.2 Å². The molecule has 0 bridgehead atoms. The summed E-state index contributed by atoms with van der Waals surface area (Å²) in [6.07, 6.45) is 8.46. The van der Waals surface area contributed by atoms with Gasteiger partial charge in [-0.05, 0) is 60.4 Å². The van der Waals surface area contributed by atoms with E-state index in [0.717, 1.165) is 81.7 Å². The summed E-state index contributed by atoms with van der Waals surface area (Å²) < 4.78 is 2.37. The SMILES string of the molecule is CCc1ccc(Cn2c(CCc3ccccc3)nnc2[C@@H](Cc2c[nH]c3ccccc23)N2CCC(NC=O)CC2)cc1. The first-order chi connectivity index (χ1) is 20.7. The molecule has 3 heterocycles. The summed E-state index contributed by atoms with van der Waals surface area (Å²) in [6, 6.07) is 28.4. The number of para-hydroxylation sites is 1. The van der Waals surface area contributed by atoms with Crippen molar-refractivity contribution in [2.75, 3.05) is 13.1 Å². The van der Waals surface area contributed by atoms with E-state index in [9.17, 15) is 4.79 Å². The van der Waals surface area contributed by atoms with E-state index in [2.05, 4.69) is 112 Å². The van der Waals surface area contributed by atoms with Crippen LogP contribution >= 0.6 is 0 Å². The number of likely N-dealkylation sites (tertiary alicyclic amines) is 1. The lowest BCUT2D eigenvalue weighted by molar-refractivity contribution is -0.110. The standard InChI is InChI=1S/C35H40N6O/c1-2-26-12-14-28(15-13-26)24-41-34(17-16-27-8-4-3-5-9-27)38-39-35(41)33(40-20-18-30(19-21-40)37-25-42)22-29-23-36-32-11-7-6-10-31(29)32/h3-15,23,25,30,33,36H,2,16-22,24H2,1H3,(H,37,42)/t33-/m1/s1. The summed E-state index contributed by atoms with van der Waals surface area (Å²) in [6.45, 7) is 4.73. The topological polar surface area (TPSA) is 78.8 Å². The van der Waals surface area contributed by atoms with Crippen LogP contribution in [0.1, 0.15) is 59.7 Å². The molecule has 1 amide bonds. The van der Waals surface area contributed by atoms with Crippen LogP contribution in [0, 0.1) is 0 Å². The van der Waals surface area contributed by atoms with Gasteiger partial charge in [0.2, 0.25) is 6.41 Å². The first-order valence-corrected chi connectivity index (χ1v) is 15.2. The van der Waals surface area contributed by atoms with Gasteiger partial charge >= 0.3 is 0 Å². The number of fused-ring (bicyclic) bond motifs is 1. The summed E-state index contributed by atoms with van der Waals surface area (Å²) in [5, 5.41) is 14.0. The molecule has 1 atom stereocenters. The van der Waals surface area contributed by atoms with Gasteiger partial charge in [-0.2, -0.15) is 0 Å². The number of benzene rings is 3. The van der Waals surface area contributed by atoms with Crippen LogP contribution in [-0.4, -0.2) is 50.2 Å². The van der Waals surface area contributed by atoms with Crippen molar-refractivity contribution in [2.24, 2.45) is 0 Å². The normalized spacial score (nSPS) is 15.2. The highest BCUT2D eigenvalue weighted by molar-refractivity contribution is 5.83. The second-order valence-corrected chi connectivity index (χ2v) is 11.4. The van der Waals surface area contributed by atoms with Gasteiger partial charge in [0.05, 0.1) is 12.6 Å². The van der Waals surface area contributed by atoms with Crippen molar-refractivity contribution in [2.45, 2.75) is 64.1 Å². The number of nitrogens with one attached hydrogen (secondary N) is 2. The molecule has 7 heteroatoms. The van der Waals surface area contributed by atoms with Crippen molar-refractivity contribution in [3.8, 4) is 0 Å². The largest absolute Gasteiger partial charge is 0.361 e. The van der Waals surface area contributed by atoms with E-state index < -0.39 is 0 Å². The number of hydrogen-bond acceptors (Lipinski definition) is 4. The Morgan fingerprint density at radius 2 is 1.64 bits per heavy atom. The Morgan fingerprint density at radius 1 is 0.905 bits per heavy atom. The molecular weight excluding hydrogens is 520 g/mol. The van der Waals surface area contributed by atoms with Crippen molar-refractivity contribution in [3.05, 3.63) is 119 Å². The number of carbonyl (C=O) groups excluding carboxylic acids is 1. The van der Waals surface area contributed by atoms with Gasteiger partial charge in [-0.25, -0.2) is 0 Å². The number of aryl methyl sites for hydroxylation is 3. The van der Waals surface area contributed by atoms with Crippen LogP contribution < -0.4 is 5.32 Å². The van der Waals surface area contributed by atoms with Gasteiger partial charge in [-0.3, -0.25) is 9.69 Å². The Morgan fingerprint density at radius 3 is 2.40 bits per heavy atom. The number of rotatable bonds is 12. The predicted octanol–water partition coefficient (Wildman–Crippen LogP) is 5.65. The van der Waals surface area contributed by atoms with Gasteiger partial charge in [0.25, 0.3) is 0 Å². The Bertz CT molecular complexity index is 1580. The fourth-order valence-corrected chi connectivity index (χ4v) is 6.28. The molecule has 0 spiro atoms. The average Bonchev–Trinajstić information content (AvgIpc) is 3.64. The second kappa shape index (κ2) is 13.2. The molecule has 0 aliphatic carbocycles. The molecule has 1 fully saturated rings. The lowest BCUT2D eigenvalue weighted by atomic mass is 9.98. The van der Waals surface area contributed by atoms with E-state index in [-0.39, 0.29) is 12.1 Å². The first-order valence-electron chi connectivity index (χ1n) is 15.2. The molecule has 6 rings (SSSR count). The number of nitrogens with zero attached hydrogens (tertiary/aromatic N) is 4. The zero-order valence-electron chi connectivity index (χ0n) is 24.4. The zero-order valence-corrected chi connectivity index (χ0v) is 24.4. The van der Waals surface area contributed by atoms with Crippen molar-refractivity contribution in [1.82, 2.24) is 30.0 Å². The number of aromatic amines is 1. The molecule has 7 nitrogen and oxygen atoms in total. The van der Waals surface area contributed by atoms with E-state index >= 15 is 0 Å². The maximum absolute atomic E-state index is 11.1. The Balaban J connectivity index is 1.36.